The summed E-state index contributed by atoms with van der Waals surface area (Å²) in [5, 5.41) is 3.34. The zero-order chi connectivity index (χ0) is 17.4. The molecular formula is C18H28BrIN4O. The van der Waals surface area contributed by atoms with E-state index in [2.05, 4.69) is 57.3 Å². The number of nitrogens with zero attached hydrogens (tertiary/aromatic N) is 3. The van der Waals surface area contributed by atoms with E-state index in [1.54, 1.807) is 0 Å². The fourth-order valence-corrected chi connectivity index (χ4v) is 3.06. The maximum Gasteiger partial charge on any atom is 0.222 e. The van der Waals surface area contributed by atoms with E-state index >= 15 is 0 Å². The van der Waals surface area contributed by atoms with Gasteiger partial charge in [-0.25, -0.2) is 0 Å². The maximum absolute atomic E-state index is 11.6. The van der Waals surface area contributed by atoms with Gasteiger partial charge in [0.25, 0.3) is 0 Å². The van der Waals surface area contributed by atoms with E-state index in [1.807, 2.05) is 11.9 Å². The Morgan fingerprint density at radius 2 is 2.08 bits per heavy atom. The lowest BCUT2D eigenvalue weighted by molar-refractivity contribution is -0.127. The molecule has 25 heavy (non-hydrogen) atoms. The predicted octanol–water partition coefficient (Wildman–Crippen LogP) is 3.48. The van der Waals surface area contributed by atoms with Crippen LogP contribution in [0.2, 0.25) is 0 Å². The summed E-state index contributed by atoms with van der Waals surface area (Å²) in [6.45, 7) is 6.19. The molecule has 1 fully saturated rings. The summed E-state index contributed by atoms with van der Waals surface area (Å²) < 4.78 is 1.09. The summed E-state index contributed by atoms with van der Waals surface area (Å²) in [5.74, 6) is 1.20. The number of guanidine groups is 1. The molecule has 0 aliphatic carbocycles. The highest BCUT2D eigenvalue weighted by Crippen LogP contribution is 2.12. The van der Waals surface area contributed by atoms with Crippen molar-refractivity contribution in [3.63, 3.8) is 0 Å². The van der Waals surface area contributed by atoms with Gasteiger partial charge in [-0.2, -0.15) is 0 Å². The van der Waals surface area contributed by atoms with Crippen LogP contribution in [0.25, 0.3) is 0 Å². The van der Waals surface area contributed by atoms with E-state index in [0.717, 1.165) is 56.0 Å². The first kappa shape index (κ1) is 22.2. The van der Waals surface area contributed by atoms with E-state index in [0.29, 0.717) is 12.3 Å². The fraction of sp³-hybridized carbons (Fsp3) is 0.556. The highest BCUT2D eigenvalue weighted by Gasteiger charge is 2.18. The number of rotatable bonds is 7. The summed E-state index contributed by atoms with van der Waals surface area (Å²) >= 11 is 3.46. The molecule has 140 valence electrons. The smallest absolute Gasteiger partial charge is 0.222 e. The standard InChI is InChI=1S/C18H27BrN4O.HI/c1-3-20-18(21-11-5-13-23-12-4-6-17(23)24)22(2)14-15-7-9-16(19)10-8-15;/h7-10H,3-6,11-14H2,1-2H3,(H,20,21);1H. The number of aliphatic imine (C=N–C) groups is 1. The van der Waals surface area contributed by atoms with Crippen LogP contribution in [0.15, 0.2) is 33.7 Å². The molecule has 0 atom stereocenters. The Kier molecular flexibility index (Phi) is 10.4. The first-order chi connectivity index (χ1) is 11.6. The minimum Gasteiger partial charge on any atom is -0.357 e. The van der Waals surface area contributed by atoms with Gasteiger partial charge in [0.05, 0.1) is 0 Å². The Morgan fingerprint density at radius 3 is 2.68 bits per heavy atom. The third-order valence-electron chi connectivity index (χ3n) is 4.05. The number of nitrogens with one attached hydrogen (secondary N) is 1. The summed E-state index contributed by atoms with van der Waals surface area (Å²) in [5.41, 5.74) is 1.24. The highest BCUT2D eigenvalue weighted by atomic mass is 127. The molecule has 1 aliphatic rings. The molecule has 0 spiro atoms. The average Bonchev–Trinajstić information content (AvgIpc) is 2.97. The van der Waals surface area contributed by atoms with E-state index in [1.165, 1.54) is 5.56 Å². The van der Waals surface area contributed by atoms with Gasteiger partial charge in [-0.05, 0) is 37.5 Å². The van der Waals surface area contributed by atoms with Gasteiger partial charge in [-0.1, -0.05) is 28.1 Å². The van der Waals surface area contributed by atoms with Crippen molar-refractivity contribution in [3.05, 3.63) is 34.3 Å². The largest absolute Gasteiger partial charge is 0.357 e. The number of carbonyl (C=O) groups excluding carboxylic acids is 1. The monoisotopic (exact) mass is 522 g/mol. The summed E-state index contributed by atoms with van der Waals surface area (Å²) in [4.78, 5) is 20.4. The molecule has 7 heteroatoms. The van der Waals surface area contributed by atoms with Crippen LogP contribution in [-0.2, 0) is 11.3 Å². The quantitative estimate of drug-likeness (QED) is 0.258. The number of benzene rings is 1. The van der Waals surface area contributed by atoms with Gasteiger partial charge in [0.2, 0.25) is 5.91 Å². The topological polar surface area (TPSA) is 47.9 Å². The minimum atomic E-state index is 0. The molecule has 1 aromatic rings. The van der Waals surface area contributed by atoms with E-state index in [9.17, 15) is 4.79 Å². The van der Waals surface area contributed by atoms with Gasteiger partial charge in [-0.3, -0.25) is 9.79 Å². The van der Waals surface area contributed by atoms with Crippen LogP contribution in [-0.4, -0.2) is 54.9 Å². The molecule has 1 N–H and O–H groups in total. The van der Waals surface area contributed by atoms with Gasteiger partial charge in [0.15, 0.2) is 5.96 Å². The maximum atomic E-state index is 11.6. The van der Waals surface area contributed by atoms with Crippen LogP contribution in [0.3, 0.4) is 0 Å². The first-order valence-electron chi connectivity index (χ1n) is 8.62. The average molecular weight is 523 g/mol. The van der Waals surface area contributed by atoms with Crippen molar-refractivity contribution in [1.82, 2.24) is 15.1 Å². The van der Waals surface area contributed by atoms with Crippen molar-refractivity contribution in [2.45, 2.75) is 32.7 Å². The SMILES string of the molecule is CCNC(=NCCCN1CCCC1=O)N(C)Cc1ccc(Br)cc1.I. The zero-order valence-electron chi connectivity index (χ0n) is 15.0. The van der Waals surface area contributed by atoms with Crippen molar-refractivity contribution in [2.75, 3.05) is 33.2 Å². The third kappa shape index (κ3) is 7.52. The molecule has 1 aromatic carbocycles. The minimum absolute atomic E-state index is 0. The zero-order valence-corrected chi connectivity index (χ0v) is 18.9. The lowest BCUT2D eigenvalue weighted by Crippen LogP contribution is -2.38. The Labute approximate surface area is 176 Å². The van der Waals surface area contributed by atoms with Gasteiger partial charge in [-0.15, -0.1) is 24.0 Å². The molecule has 0 bridgehead atoms. The number of carbonyl (C=O) groups is 1. The molecule has 1 aliphatic heterocycles. The van der Waals surface area contributed by atoms with Crippen molar-refractivity contribution >= 4 is 51.8 Å². The third-order valence-corrected chi connectivity index (χ3v) is 4.58. The van der Waals surface area contributed by atoms with Crippen molar-refractivity contribution in [3.8, 4) is 0 Å². The lowest BCUT2D eigenvalue weighted by Gasteiger charge is -2.22. The molecule has 1 saturated heterocycles. The number of hydrogen-bond acceptors (Lipinski definition) is 2. The van der Waals surface area contributed by atoms with Crippen molar-refractivity contribution < 1.29 is 4.79 Å². The Morgan fingerprint density at radius 1 is 1.36 bits per heavy atom. The second-order valence-electron chi connectivity index (χ2n) is 6.06. The summed E-state index contributed by atoms with van der Waals surface area (Å²) in [7, 11) is 2.05. The molecule has 1 heterocycles. The van der Waals surface area contributed by atoms with Crippen LogP contribution in [0.5, 0.6) is 0 Å². The van der Waals surface area contributed by atoms with Gasteiger partial charge >= 0.3 is 0 Å². The Hall–Kier alpha value is -0.830. The summed E-state index contributed by atoms with van der Waals surface area (Å²) in [6, 6.07) is 8.34. The molecule has 0 radical (unpaired) electrons. The molecule has 5 nitrogen and oxygen atoms in total. The molecular weight excluding hydrogens is 495 g/mol. The number of halogens is 2. The highest BCUT2D eigenvalue weighted by molar-refractivity contribution is 14.0. The Bertz CT molecular complexity index is 565. The normalized spacial score (nSPS) is 14.4. The van der Waals surface area contributed by atoms with E-state index in [4.69, 9.17) is 4.99 Å². The first-order valence-corrected chi connectivity index (χ1v) is 9.41. The fourth-order valence-electron chi connectivity index (χ4n) is 2.80. The van der Waals surface area contributed by atoms with Crippen molar-refractivity contribution in [2.24, 2.45) is 4.99 Å². The van der Waals surface area contributed by atoms with Gasteiger partial charge in [0.1, 0.15) is 0 Å². The molecule has 0 saturated carbocycles. The van der Waals surface area contributed by atoms with Gasteiger partial charge < -0.3 is 15.1 Å². The summed E-state index contributed by atoms with van der Waals surface area (Å²) in [6.07, 6.45) is 2.62. The molecule has 2 rings (SSSR count). The van der Waals surface area contributed by atoms with Crippen LogP contribution >= 0.6 is 39.9 Å². The van der Waals surface area contributed by atoms with Gasteiger partial charge in [0, 0.05) is 50.7 Å². The number of hydrogen-bond donors (Lipinski definition) is 1. The second-order valence-corrected chi connectivity index (χ2v) is 6.97. The number of amides is 1. The second kappa shape index (κ2) is 11.7. The Balaban J connectivity index is 0.00000312. The van der Waals surface area contributed by atoms with Crippen molar-refractivity contribution in [1.29, 1.82) is 0 Å². The van der Waals surface area contributed by atoms with Crippen LogP contribution in [0, 0.1) is 0 Å². The van der Waals surface area contributed by atoms with Crippen LogP contribution in [0.4, 0.5) is 0 Å². The van der Waals surface area contributed by atoms with Crippen LogP contribution in [0.1, 0.15) is 31.7 Å². The van der Waals surface area contributed by atoms with Crippen LogP contribution < -0.4 is 5.32 Å². The number of likely N-dealkylation sites (tertiary alicyclic amines) is 1. The predicted molar refractivity (Wildman–Crippen MR) is 117 cm³/mol. The van der Waals surface area contributed by atoms with E-state index in [-0.39, 0.29) is 24.0 Å². The lowest BCUT2D eigenvalue weighted by atomic mass is 10.2. The van der Waals surface area contributed by atoms with E-state index < -0.39 is 0 Å². The molecule has 1 amide bonds. The molecule has 0 aromatic heterocycles. The molecule has 0 unspecified atom stereocenters.